The van der Waals surface area contributed by atoms with Crippen molar-refractivity contribution in [1.82, 2.24) is 9.80 Å². The molecule has 24 heavy (non-hydrogen) atoms. The van der Waals surface area contributed by atoms with E-state index in [9.17, 15) is 4.79 Å². The number of benzene rings is 1. The molecule has 6 heteroatoms. The van der Waals surface area contributed by atoms with Gasteiger partial charge in [0.15, 0.2) is 0 Å². The lowest BCUT2D eigenvalue weighted by atomic mass is 10.00. The topological polar surface area (TPSA) is 23.6 Å². The van der Waals surface area contributed by atoms with Crippen LogP contribution in [0, 0.1) is 0 Å². The average Bonchev–Trinajstić information content (AvgIpc) is 3.04. The van der Waals surface area contributed by atoms with E-state index in [2.05, 4.69) is 9.80 Å². The molecule has 0 N–H and O–H groups in total. The normalized spacial score (nSPS) is 21.6. The average molecular weight is 392 g/mol. The number of rotatable bonds is 4. The second kappa shape index (κ2) is 9.28. The van der Waals surface area contributed by atoms with E-state index < -0.39 is 0 Å². The van der Waals surface area contributed by atoms with Crippen molar-refractivity contribution in [3.05, 3.63) is 33.8 Å². The van der Waals surface area contributed by atoms with E-state index in [-0.39, 0.29) is 18.3 Å². The standard InChI is InChI=1S/C18H24Cl2N2O.ClH/c19-16-7-6-14(11-17(16)20)12-18(23)22-10-2-1-5-15(22)13-21-8-3-4-9-21;/h6-7,11,15H,1-5,8-10,12-13H2;1H/t15-;/m0./s1. The number of hydrogen-bond donors (Lipinski definition) is 0. The van der Waals surface area contributed by atoms with Crippen molar-refractivity contribution in [3.8, 4) is 0 Å². The Morgan fingerprint density at radius 2 is 1.75 bits per heavy atom. The molecule has 0 bridgehead atoms. The molecule has 2 saturated heterocycles. The SMILES string of the molecule is Cl.O=C(Cc1ccc(Cl)c(Cl)c1)N1CCCC[C@H]1CN1CCCC1. The molecule has 1 aromatic carbocycles. The lowest BCUT2D eigenvalue weighted by Crippen LogP contribution is -2.49. The fourth-order valence-electron chi connectivity index (χ4n) is 3.71. The van der Waals surface area contributed by atoms with Crippen LogP contribution in [0.5, 0.6) is 0 Å². The highest BCUT2D eigenvalue weighted by Crippen LogP contribution is 2.25. The minimum atomic E-state index is 0. The first-order valence-corrected chi connectivity index (χ1v) is 9.35. The highest BCUT2D eigenvalue weighted by molar-refractivity contribution is 6.42. The van der Waals surface area contributed by atoms with E-state index in [4.69, 9.17) is 23.2 Å². The first-order chi connectivity index (χ1) is 11.1. The van der Waals surface area contributed by atoms with Crippen LogP contribution in [0.2, 0.25) is 10.0 Å². The van der Waals surface area contributed by atoms with Crippen LogP contribution in [0.4, 0.5) is 0 Å². The maximum absolute atomic E-state index is 12.8. The first kappa shape index (κ1) is 19.8. The number of piperidine rings is 1. The number of carbonyl (C=O) groups is 1. The summed E-state index contributed by atoms with van der Waals surface area (Å²) in [5, 5.41) is 1.05. The van der Waals surface area contributed by atoms with Gasteiger partial charge in [-0.05, 0) is 62.9 Å². The van der Waals surface area contributed by atoms with Gasteiger partial charge in [0, 0.05) is 19.1 Å². The molecule has 2 aliphatic heterocycles. The molecule has 1 atom stereocenters. The van der Waals surface area contributed by atoms with Gasteiger partial charge in [-0.25, -0.2) is 0 Å². The number of carbonyl (C=O) groups excluding carboxylic acids is 1. The molecule has 1 aromatic rings. The van der Waals surface area contributed by atoms with Gasteiger partial charge in [0.1, 0.15) is 0 Å². The number of nitrogens with zero attached hydrogens (tertiary/aromatic N) is 2. The zero-order valence-electron chi connectivity index (χ0n) is 13.8. The molecule has 1 amide bonds. The zero-order chi connectivity index (χ0) is 16.2. The number of halogens is 3. The molecule has 2 heterocycles. The van der Waals surface area contributed by atoms with Crippen molar-refractivity contribution in [2.75, 3.05) is 26.2 Å². The molecule has 0 unspecified atom stereocenters. The summed E-state index contributed by atoms with van der Waals surface area (Å²) in [4.78, 5) is 17.4. The van der Waals surface area contributed by atoms with E-state index in [1.54, 1.807) is 12.1 Å². The van der Waals surface area contributed by atoms with Gasteiger partial charge in [-0.1, -0.05) is 29.3 Å². The van der Waals surface area contributed by atoms with E-state index in [1.807, 2.05) is 6.07 Å². The molecule has 3 rings (SSSR count). The Morgan fingerprint density at radius 3 is 2.46 bits per heavy atom. The maximum atomic E-state index is 12.8. The molecular weight excluding hydrogens is 367 g/mol. The third-order valence-corrected chi connectivity index (χ3v) is 5.69. The number of likely N-dealkylation sites (tertiary alicyclic amines) is 2. The van der Waals surface area contributed by atoms with Gasteiger partial charge in [-0.2, -0.15) is 0 Å². The fourth-order valence-corrected chi connectivity index (χ4v) is 4.03. The summed E-state index contributed by atoms with van der Waals surface area (Å²) in [6, 6.07) is 5.84. The molecular formula is C18H25Cl3N2O. The largest absolute Gasteiger partial charge is 0.338 e. The van der Waals surface area contributed by atoms with Crippen LogP contribution in [0.3, 0.4) is 0 Å². The Labute approximate surface area is 160 Å². The summed E-state index contributed by atoms with van der Waals surface area (Å²) in [5.41, 5.74) is 0.940. The van der Waals surface area contributed by atoms with E-state index >= 15 is 0 Å². The van der Waals surface area contributed by atoms with Gasteiger partial charge in [0.2, 0.25) is 5.91 Å². The second-order valence-corrected chi connectivity index (χ2v) is 7.48. The van der Waals surface area contributed by atoms with Crippen molar-refractivity contribution >= 4 is 41.5 Å². The zero-order valence-corrected chi connectivity index (χ0v) is 16.2. The minimum Gasteiger partial charge on any atom is -0.338 e. The highest BCUT2D eigenvalue weighted by Gasteiger charge is 2.28. The first-order valence-electron chi connectivity index (χ1n) is 8.59. The minimum absolute atomic E-state index is 0. The van der Waals surface area contributed by atoms with Crippen LogP contribution in [0.25, 0.3) is 0 Å². The summed E-state index contributed by atoms with van der Waals surface area (Å²) in [7, 11) is 0. The monoisotopic (exact) mass is 390 g/mol. The fraction of sp³-hybridized carbons (Fsp3) is 0.611. The summed E-state index contributed by atoms with van der Waals surface area (Å²) >= 11 is 12.0. The molecule has 0 spiro atoms. The van der Waals surface area contributed by atoms with Gasteiger partial charge < -0.3 is 9.80 Å². The maximum Gasteiger partial charge on any atom is 0.227 e. The molecule has 2 aliphatic rings. The smallest absolute Gasteiger partial charge is 0.227 e. The Morgan fingerprint density at radius 1 is 1.04 bits per heavy atom. The molecule has 0 aromatic heterocycles. The van der Waals surface area contributed by atoms with Gasteiger partial charge in [0.25, 0.3) is 0 Å². The third-order valence-electron chi connectivity index (χ3n) is 4.95. The van der Waals surface area contributed by atoms with Crippen LogP contribution < -0.4 is 0 Å². The van der Waals surface area contributed by atoms with Crippen molar-refractivity contribution in [3.63, 3.8) is 0 Å². The van der Waals surface area contributed by atoms with Gasteiger partial charge in [-0.15, -0.1) is 12.4 Å². The molecule has 0 radical (unpaired) electrons. The Bertz CT molecular complexity index is 561. The van der Waals surface area contributed by atoms with Crippen LogP contribution >= 0.6 is 35.6 Å². The van der Waals surface area contributed by atoms with Gasteiger partial charge >= 0.3 is 0 Å². The van der Waals surface area contributed by atoms with Crippen LogP contribution in [0.15, 0.2) is 18.2 Å². The van der Waals surface area contributed by atoms with E-state index in [1.165, 1.54) is 32.4 Å². The molecule has 3 nitrogen and oxygen atoms in total. The van der Waals surface area contributed by atoms with Crippen molar-refractivity contribution in [2.45, 2.75) is 44.6 Å². The second-order valence-electron chi connectivity index (χ2n) is 6.67. The predicted molar refractivity (Wildman–Crippen MR) is 102 cm³/mol. The van der Waals surface area contributed by atoms with Crippen LogP contribution in [-0.2, 0) is 11.2 Å². The van der Waals surface area contributed by atoms with Crippen molar-refractivity contribution < 1.29 is 4.79 Å². The Kier molecular flexibility index (Phi) is 7.67. The summed E-state index contributed by atoms with van der Waals surface area (Å²) < 4.78 is 0. The molecule has 2 fully saturated rings. The summed E-state index contributed by atoms with van der Waals surface area (Å²) in [5.74, 6) is 0.215. The van der Waals surface area contributed by atoms with Crippen molar-refractivity contribution in [1.29, 1.82) is 0 Å². The summed E-state index contributed by atoms with van der Waals surface area (Å²) in [6.45, 7) is 4.29. The summed E-state index contributed by atoms with van der Waals surface area (Å²) in [6.07, 6.45) is 6.48. The number of amides is 1. The third kappa shape index (κ3) is 5.01. The van der Waals surface area contributed by atoms with Gasteiger partial charge in [0.05, 0.1) is 16.5 Å². The molecule has 0 aliphatic carbocycles. The highest BCUT2D eigenvalue weighted by atomic mass is 35.5. The Hall–Kier alpha value is -0.480. The van der Waals surface area contributed by atoms with E-state index in [0.717, 1.165) is 31.5 Å². The van der Waals surface area contributed by atoms with Crippen molar-refractivity contribution in [2.24, 2.45) is 0 Å². The molecule has 134 valence electrons. The van der Waals surface area contributed by atoms with Crippen LogP contribution in [0.1, 0.15) is 37.7 Å². The lowest BCUT2D eigenvalue weighted by molar-refractivity contribution is -0.134. The Balaban J connectivity index is 0.00000208. The number of hydrogen-bond acceptors (Lipinski definition) is 2. The van der Waals surface area contributed by atoms with Gasteiger partial charge in [-0.3, -0.25) is 4.79 Å². The van der Waals surface area contributed by atoms with E-state index in [0.29, 0.717) is 22.5 Å². The quantitative estimate of drug-likeness (QED) is 0.758. The molecule has 0 saturated carbocycles. The predicted octanol–water partition coefficient (Wildman–Crippen LogP) is 4.43. The lowest BCUT2D eigenvalue weighted by Gasteiger charge is -2.38. The van der Waals surface area contributed by atoms with Crippen LogP contribution in [-0.4, -0.2) is 47.9 Å².